The van der Waals surface area contributed by atoms with Gasteiger partial charge in [-0.2, -0.15) is 5.26 Å². The third kappa shape index (κ3) is 4.76. The molecule has 27 heavy (non-hydrogen) atoms. The Hall–Kier alpha value is -3.53. The van der Waals surface area contributed by atoms with Gasteiger partial charge in [0, 0.05) is 50.2 Å². The number of anilines is 3. The zero-order chi connectivity index (χ0) is 19.2. The van der Waals surface area contributed by atoms with Crippen molar-refractivity contribution in [2.45, 2.75) is 6.92 Å². The molecule has 0 bridgehead atoms. The molecule has 0 radical (unpaired) electrons. The molecular formula is C20H21N5O2. The van der Waals surface area contributed by atoms with Crippen molar-refractivity contribution >= 4 is 29.0 Å². The first kappa shape index (κ1) is 18.3. The molecule has 1 fully saturated rings. The second-order valence-electron chi connectivity index (χ2n) is 6.33. The second-order valence-corrected chi connectivity index (χ2v) is 6.33. The van der Waals surface area contributed by atoms with Gasteiger partial charge in [-0.15, -0.1) is 0 Å². The molecule has 3 rings (SSSR count). The minimum Gasteiger partial charge on any atom is -0.368 e. The summed E-state index contributed by atoms with van der Waals surface area (Å²) in [6.45, 7) is 4.07. The predicted molar refractivity (Wildman–Crippen MR) is 105 cm³/mol. The number of piperazine rings is 1. The van der Waals surface area contributed by atoms with E-state index in [-0.39, 0.29) is 11.9 Å². The average molecular weight is 363 g/mol. The molecule has 0 aliphatic carbocycles. The maximum absolute atomic E-state index is 12.5. The fourth-order valence-corrected chi connectivity index (χ4v) is 3.02. The van der Waals surface area contributed by atoms with E-state index in [1.54, 1.807) is 29.2 Å². The van der Waals surface area contributed by atoms with E-state index in [0.717, 1.165) is 11.4 Å². The first-order valence-corrected chi connectivity index (χ1v) is 8.74. The van der Waals surface area contributed by atoms with Gasteiger partial charge in [0.2, 0.25) is 5.91 Å². The van der Waals surface area contributed by atoms with Gasteiger partial charge in [0.25, 0.3) is 0 Å². The minimum absolute atomic E-state index is 0.103. The molecule has 0 unspecified atom stereocenters. The van der Waals surface area contributed by atoms with E-state index in [9.17, 15) is 9.59 Å². The quantitative estimate of drug-likeness (QED) is 0.878. The Morgan fingerprint density at radius 3 is 2.30 bits per heavy atom. The second kappa shape index (κ2) is 8.23. The van der Waals surface area contributed by atoms with E-state index in [1.807, 2.05) is 24.3 Å². The van der Waals surface area contributed by atoms with Crippen molar-refractivity contribution in [2.75, 3.05) is 41.7 Å². The number of amides is 3. The molecule has 0 aromatic heterocycles. The number of nitrogens with one attached hydrogen (secondary N) is 2. The molecule has 2 aromatic carbocycles. The molecule has 1 aliphatic heterocycles. The molecule has 2 N–H and O–H groups in total. The van der Waals surface area contributed by atoms with Crippen LogP contribution in [-0.2, 0) is 4.79 Å². The minimum atomic E-state index is -0.170. The van der Waals surface area contributed by atoms with Gasteiger partial charge in [-0.1, -0.05) is 12.1 Å². The van der Waals surface area contributed by atoms with Crippen molar-refractivity contribution in [1.82, 2.24) is 4.90 Å². The van der Waals surface area contributed by atoms with Gasteiger partial charge in [-0.25, -0.2) is 4.79 Å². The van der Waals surface area contributed by atoms with Crippen molar-refractivity contribution in [1.29, 1.82) is 5.26 Å². The van der Waals surface area contributed by atoms with Gasteiger partial charge < -0.3 is 20.4 Å². The number of carbonyl (C=O) groups excluding carboxylic acids is 2. The third-order valence-corrected chi connectivity index (χ3v) is 4.34. The molecular weight excluding hydrogens is 342 g/mol. The molecule has 1 heterocycles. The summed E-state index contributed by atoms with van der Waals surface area (Å²) in [7, 11) is 0. The van der Waals surface area contributed by atoms with Crippen molar-refractivity contribution in [2.24, 2.45) is 0 Å². The highest BCUT2D eigenvalue weighted by Crippen LogP contribution is 2.21. The Balaban J connectivity index is 1.57. The summed E-state index contributed by atoms with van der Waals surface area (Å²) in [4.78, 5) is 27.6. The van der Waals surface area contributed by atoms with Crippen LogP contribution >= 0.6 is 0 Å². The van der Waals surface area contributed by atoms with Crippen LogP contribution in [0, 0.1) is 11.3 Å². The summed E-state index contributed by atoms with van der Waals surface area (Å²) in [6, 6.07) is 16.4. The first-order valence-electron chi connectivity index (χ1n) is 8.74. The van der Waals surface area contributed by atoms with E-state index in [4.69, 9.17) is 5.26 Å². The van der Waals surface area contributed by atoms with Gasteiger partial charge in [0.05, 0.1) is 11.6 Å². The summed E-state index contributed by atoms with van der Waals surface area (Å²) < 4.78 is 0. The number of hydrogen-bond donors (Lipinski definition) is 2. The van der Waals surface area contributed by atoms with Crippen LogP contribution in [0.3, 0.4) is 0 Å². The van der Waals surface area contributed by atoms with E-state index in [0.29, 0.717) is 37.4 Å². The SMILES string of the molecule is CC(=O)Nc1cccc(N2CCN(C(=O)Nc3cccc(C#N)c3)CC2)c1. The van der Waals surface area contributed by atoms with Crippen LogP contribution in [0.25, 0.3) is 0 Å². The maximum Gasteiger partial charge on any atom is 0.321 e. The molecule has 7 heteroatoms. The zero-order valence-corrected chi connectivity index (χ0v) is 15.1. The van der Waals surface area contributed by atoms with Gasteiger partial charge in [0.15, 0.2) is 0 Å². The summed E-state index contributed by atoms with van der Waals surface area (Å²) in [5, 5.41) is 14.6. The Bertz CT molecular complexity index is 882. The van der Waals surface area contributed by atoms with Crippen LogP contribution < -0.4 is 15.5 Å². The zero-order valence-electron chi connectivity index (χ0n) is 15.1. The number of hydrogen-bond acceptors (Lipinski definition) is 4. The molecule has 0 spiro atoms. The number of rotatable bonds is 3. The van der Waals surface area contributed by atoms with Crippen LogP contribution in [-0.4, -0.2) is 43.0 Å². The third-order valence-electron chi connectivity index (χ3n) is 4.34. The van der Waals surface area contributed by atoms with Gasteiger partial charge >= 0.3 is 6.03 Å². The maximum atomic E-state index is 12.5. The molecule has 3 amide bonds. The van der Waals surface area contributed by atoms with Gasteiger partial charge in [0.1, 0.15) is 0 Å². The largest absolute Gasteiger partial charge is 0.368 e. The van der Waals surface area contributed by atoms with Crippen LogP contribution in [0.4, 0.5) is 21.9 Å². The molecule has 0 saturated carbocycles. The number of benzene rings is 2. The lowest BCUT2D eigenvalue weighted by Gasteiger charge is -2.36. The molecule has 1 saturated heterocycles. The lowest BCUT2D eigenvalue weighted by Crippen LogP contribution is -2.50. The fourth-order valence-electron chi connectivity index (χ4n) is 3.02. The Kier molecular flexibility index (Phi) is 5.57. The van der Waals surface area contributed by atoms with Crippen LogP contribution in [0.2, 0.25) is 0 Å². The average Bonchev–Trinajstić information content (AvgIpc) is 2.68. The Labute approximate surface area is 158 Å². The van der Waals surface area contributed by atoms with Crippen molar-refractivity contribution in [3.8, 4) is 6.07 Å². The highest BCUT2D eigenvalue weighted by molar-refractivity contribution is 5.90. The standard InChI is InChI=1S/C20H21N5O2/c1-15(26)22-18-6-3-7-19(13-18)24-8-10-25(11-9-24)20(27)23-17-5-2-4-16(12-17)14-21/h2-7,12-13H,8-11H2,1H3,(H,22,26)(H,23,27). The van der Waals surface area contributed by atoms with Crippen LogP contribution in [0.5, 0.6) is 0 Å². The molecule has 1 aliphatic rings. The van der Waals surface area contributed by atoms with Crippen LogP contribution in [0.1, 0.15) is 12.5 Å². The van der Waals surface area contributed by atoms with Crippen molar-refractivity contribution in [3.05, 3.63) is 54.1 Å². The summed E-state index contributed by atoms with van der Waals surface area (Å²) >= 11 is 0. The number of carbonyl (C=O) groups is 2. The number of urea groups is 1. The highest BCUT2D eigenvalue weighted by Gasteiger charge is 2.21. The molecule has 7 nitrogen and oxygen atoms in total. The summed E-state index contributed by atoms with van der Waals surface area (Å²) in [6.07, 6.45) is 0. The lowest BCUT2D eigenvalue weighted by molar-refractivity contribution is -0.114. The van der Waals surface area contributed by atoms with Crippen LogP contribution in [0.15, 0.2) is 48.5 Å². The Morgan fingerprint density at radius 1 is 0.963 bits per heavy atom. The van der Waals surface area contributed by atoms with E-state index >= 15 is 0 Å². The van der Waals surface area contributed by atoms with E-state index < -0.39 is 0 Å². The monoisotopic (exact) mass is 363 g/mol. The smallest absolute Gasteiger partial charge is 0.321 e. The molecule has 0 atom stereocenters. The van der Waals surface area contributed by atoms with Crippen molar-refractivity contribution in [3.63, 3.8) is 0 Å². The Morgan fingerprint density at radius 2 is 1.63 bits per heavy atom. The van der Waals surface area contributed by atoms with E-state index in [1.165, 1.54) is 6.92 Å². The summed E-state index contributed by atoms with van der Waals surface area (Å²) in [5.74, 6) is -0.103. The molecule has 138 valence electrons. The predicted octanol–water partition coefficient (Wildman–Crippen LogP) is 2.87. The molecule has 2 aromatic rings. The normalized spacial score (nSPS) is 13.6. The van der Waals surface area contributed by atoms with Crippen molar-refractivity contribution < 1.29 is 9.59 Å². The number of nitrogens with zero attached hydrogens (tertiary/aromatic N) is 3. The first-order chi connectivity index (χ1) is 13.0. The van der Waals surface area contributed by atoms with Gasteiger partial charge in [-0.05, 0) is 36.4 Å². The topological polar surface area (TPSA) is 88.5 Å². The van der Waals surface area contributed by atoms with E-state index in [2.05, 4.69) is 21.6 Å². The lowest BCUT2D eigenvalue weighted by atomic mass is 10.2. The number of nitriles is 1. The highest BCUT2D eigenvalue weighted by atomic mass is 16.2. The van der Waals surface area contributed by atoms with Gasteiger partial charge in [-0.3, -0.25) is 4.79 Å². The summed E-state index contributed by atoms with van der Waals surface area (Å²) in [5.41, 5.74) is 2.90. The fraction of sp³-hybridized carbons (Fsp3) is 0.250.